The van der Waals surface area contributed by atoms with Crippen LogP contribution in [0.25, 0.3) is 0 Å². The molecule has 1 aromatic carbocycles. The van der Waals surface area contributed by atoms with Crippen LogP contribution in [0, 0.1) is 0 Å². The molecule has 0 aliphatic carbocycles. The van der Waals surface area contributed by atoms with E-state index in [1.807, 2.05) is 30.3 Å². The fourth-order valence-corrected chi connectivity index (χ4v) is 1.88. The van der Waals surface area contributed by atoms with Crippen molar-refractivity contribution in [1.29, 1.82) is 0 Å². The maximum Gasteiger partial charge on any atom is 0.158 e. The Balaban J connectivity index is 2.12. The van der Waals surface area contributed by atoms with Gasteiger partial charge in [0.25, 0.3) is 0 Å². The average molecular weight is 261 g/mol. The molecule has 0 bridgehead atoms. The molecule has 1 atom stereocenters. The Hall–Kier alpha value is -1.71. The average Bonchev–Trinajstić information content (AvgIpc) is 2.41. The zero-order valence-electron chi connectivity index (χ0n) is 9.71. The third-order valence-corrected chi connectivity index (χ3v) is 3.07. The highest BCUT2D eigenvalue weighted by Gasteiger charge is 2.16. The summed E-state index contributed by atoms with van der Waals surface area (Å²) in [6, 6.07) is 10.4. The molecule has 0 fully saturated rings. The molecule has 1 aromatic heterocycles. The standard InChI is InChI=1S/C14H13ClN2O/c15-12-9-17-7-6-11(12)8-13(18)14(16)10-4-2-1-3-5-10/h1-7,9,14H,8,16H2. The molecule has 2 aromatic rings. The lowest BCUT2D eigenvalue weighted by Gasteiger charge is -2.11. The van der Waals surface area contributed by atoms with Crippen LogP contribution < -0.4 is 5.73 Å². The summed E-state index contributed by atoms with van der Waals surface area (Å²) in [6.07, 6.45) is 3.36. The van der Waals surface area contributed by atoms with Crippen LogP contribution in [0.4, 0.5) is 0 Å². The van der Waals surface area contributed by atoms with Crippen LogP contribution in [0.2, 0.25) is 5.02 Å². The molecule has 0 radical (unpaired) electrons. The van der Waals surface area contributed by atoms with Crippen molar-refractivity contribution < 1.29 is 4.79 Å². The van der Waals surface area contributed by atoms with Crippen LogP contribution in [-0.4, -0.2) is 10.8 Å². The fourth-order valence-electron chi connectivity index (χ4n) is 1.69. The summed E-state index contributed by atoms with van der Waals surface area (Å²) >= 11 is 5.96. The molecule has 92 valence electrons. The summed E-state index contributed by atoms with van der Waals surface area (Å²) in [6.45, 7) is 0. The topological polar surface area (TPSA) is 56.0 Å². The van der Waals surface area contributed by atoms with Crippen molar-refractivity contribution >= 4 is 17.4 Å². The van der Waals surface area contributed by atoms with Crippen molar-refractivity contribution in [2.45, 2.75) is 12.5 Å². The summed E-state index contributed by atoms with van der Waals surface area (Å²) < 4.78 is 0. The normalized spacial score (nSPS) is 12.1. The van der Waals surface area contributed by atoms with Crippen LogP contribution in [0.15, 0.2) is 48.8 Å². The van der Waals surface area contributed by atoms with Crippen molar-refractivity contribution in [3.63, 3.8) is 0 Å². The molecule has 0 amide bonds. The van der Waals surface area contributed by atoms with Gasteiger partial charge in [-0.2, -0.15) is 0 Å². The number of benzene rings is 1. The molecule has 0 spiro atoms. The molecule has 0 saturated heterocycles. The molecular weight excluding hydrogens is 248 g/mol. The Kier molecular flexibility index (Phi) is 4.07. The SMILES string of the molecule is NC(C(=O)Cc1ccncc1Cl)c1ccccc1. The van der Waals surface area contributed by atoms with E-state index < -0.39 is 6.04 Å². The van der Waals surface area contributed by atoms with Crippen molar-refractivity contribution in [2.75, 3.05) is 0 Å². The summed E-state index contributed by atoms with van der Waals surface area (Å²) in [4.78, 5) is 15.9. The number of carbonyl (C=O) groups excluding carboxylic acids is 1. The van der Waals surface area contributed by atoms with Crippen LogP contribution in [0.1, 0.15) is 17.2 Å². The number of nitrogens with two attached hydrogens (primary N) is 1. The largest absolute Gasteiger partial charge is 0.318 e. The summed E-state index contributed by atoms with van der Waals surface area (Å²) in [5.74, 6) is -0.0608. The molecule has 0 aliphatic heterocycles. The number of carbonyl (C=O) groups is 1. The Bertz CT molecular complexity index is 543. The maximum absolute atomic E-state index is 12.1. The van der Waals surface area contributed by atoms with Crippen molar-refractivity contribution in [3.8, 4) is 0 Å². The molecule has 3 nitrogen and oxygen atoms in total. The number of pyridine rings is 1. The first-order valence-corrected chi connectivity index (χ1v) is 5.98. The number of rotatable bonds is 4. The lowest BCUT2D eigenvalue weighted by Crippen LogP contribution is -2.23. The third-order valence-electron chi connectivity index (χ3n) is 2.73. The zero-order valence-corrected chi connectivity index (χ0v) is 10.5. The van der Waals surface area contributed by atoms with E-state index in [0.717, 1.165) is 11.1 Å². The highest BCUT2D eigenvalue weighted by atomic mass is 35.5. The summed E-state index contributed by atoms with van der Waals surface area (Å²) in [7, 11) is 0. The Labute approximate surface area is 111 Å². The van der Waals surface area contributed by atoms with Gasteiger partial charge in [-0.05, 0) is 17.2 Å². The van der Waals surface area contributed by atoms with Gasteiger partial charge in [-0.1, -0.05) is 41.9 Å². The zero-order chi connectivity index (χ0) is 13.0. The maximum atomic E-state index is 12.1. The first-order chi connectivity index (χ1) is 8.68. The molecule has 4 heteroatoms. The van der Waals surface area contributed by atoms with E-state index in [2.05, 4.69) is 4.98 Å². The van der Waals surface area contributed by atoms with Gasteiger partial charge >= 0.3 is 0 Å². The van der Waals surface area contributed by atoms with Gasteiger partial charge in [0.2, 0.25) is 0 Å². The number of nitrogens with zero attached hydrogens (tertiary/aromatic N) is 1. The summed E-state index contributed by atoms with van der Waals surface area (Å²) in [5, 5.41) is 0.492. The van der Waals surface area contributed by atoms with Crippen molar-refractivity contribution in [2.24, 2.45) is 5.73 Å². The first kappa shape index (κ1) is 12.7. The van der Waals surface area contributed by atoms with Crippen molar-refractivity contribution in [1.82, 2.24) is 4.98 Å². The minimum atomic E-state index is -0.615. The predicted molar refractivity (Wildman–Crippen MR) is 71.3 cm³/mol. The second-order valence-corrected chi connectivity index (χ2v) is 4.41. The summed E-state index contributed by atoms with van der Waals surface area (Å²) in [5.41, 5.74) is 7.49. The van der Waals surface area contributed by atoms with Gasteiger partial charge in [0, 0.05) is 18.8 Å². The minimum absolute atomic E-state index is 0.0608. The van der Waals surface area contributed by atoms with Gasteiger partial charge in [0.1, 0.15) is 0 Å². The fraction of sp³-hybridized carbons (Fsp3) is 0.143. The molecule has 0 saturated carbocycles. The lowest BCUT2D eigenvalue weighted by molar-refractivity contribution is -0.119. The number of ketones is 1. The Morgan fingerprint density at radius 1 is 1.28 bits per heavy atom. The van der Waals surface area contributed by atoms with Crippen LogP contribution in [-0.2, 0) is 11.2 Å². The Morgan fingerprint density at radius 2 is 2.00 bits per heavy atom. The van der Waals surface area contributed by atoms with E-state index >= 15 is 0 Å². The monoisotopic (exact) mass is 260 g/mol. The second kappa shape index (κ2) is 5.76. The van der Waals surface area contributed by atoms with Gasteiger partial charge in [-0.15, -0.1) is 0 Å². The van der Waals surface area contributed by atoms with Gasteiger partial charge in [-0.25, -0.2) is 0 Å². The number of hydrogen-bond acceptors (Lipinski definition) is 3. The van der Waals surface area contributed by atoms with Crippen LogP contribution in [0.3, 0.4) is 0 Å². The van der Waals surface area contributed by atoms with E-state index in [-0.39, 0.29) is 12.2 Å². The number of hydrogen-bond donors (Lipinski definition) is 1. The van der Waals surface area contributed by atoms with Gasteiger partial charge in [0.15, 0.2) is 5.78 Å². The number of halogens is 1. The molecular formula is C14H13ClN2O. The third kappa shape index (κ3) is 2.94. The van der Waals surface area contributed by atoms with E-state index in [0.29, 0.717) is 5.02 Å². The van der Waals surface area contributed by atoms with E-state index in [9.17, 15) is 4.79 Å². The van der Waals surface area contributed by atoms with Gasteiger partial charge in [0.05, 0.1) is 11.1 Å². The second-order valence-electron chi connectivity index (χ2n) is 4.00. The number of Topliss-reactive ketones (excluding diaryl/α,β-unsaturated/α-hetero) is 1. The highest BCUT2D eigenvalue weighted by molar-refractivity contribution is 6.31. The van der Waals surface area contributed by atoms with E-state index in [1.165, 1.54) is 6.20 Å². The van der Waals surface area contributed by atoms with E-state index in [1.54, 1.807) is 12.3 Å². The molecule has 0 aliphatic rings. The van der Waals surface area contributed by atoms with Crippen LogP contribution >= 0.6 is 11.6 Å². The van der Waals surface area contributed by atoms with Gasteiger partial charge in [-0.3, -0.25) is 9.78 Å². The van der Waals surface area contributed by atoms with Crippen molar-refractivity contribution in [3.05, 3.63) is 64.9 Å². The quantitative estimate of drug-likeness (QED) is 0.919. The Morgan fingerprint density at radius 3 is 2.67 bits per heavy atom. The smallest absolute Gasteiger partial charge is 0.158 e. The highest BCUT2D eigenvalue weighted by Crippen LogP contribution is 2.18. The molecule has 1 unspecified atom stereocenters. The predicted octanol–water partition coefficient (Wildman–Crippen LogP) is 2.55. The van der Waals surface area contributed by atoms with Crippen LogP contribution in [0.5, 0.6) is 0 Å². The molecule has 1 heterocycles. The van der Waals surface area contributed by atoms with Gasteiger partial charge < -0.3 is 5.73 Å². The lowest BCUT2D eigenvalue weighted by atomic mass is 9.99. The molecule has 2 N–H and O–H groups in total. The van der Waals surface area contributed by atoms with E-state index in [4.69, 9.17) is 17.3 Å². The molecule has 2 rings (SSSR count). The minimum Gasteiger partial charge on any atom is -0.318 e. The number of aromatic nitrogens is 1. The first-order valence-electron chi connectivity index (χ1n) is 5.60. The molecule has 18 heavy (non-hydrogen) atoms.